The van der Waals surface area contributed by atoms with Crippen molar-refractivity contribution >= 4 is 11.9 Å². The summed E-state index contributed by atoms with van der Waals surface area (Å²) in [6.07, 6.45) is 7.35. The highest BCUT2D eigenvalue weighted by Gasteiger charge is 2.55. The molecule has 1 aromatic heterocycles. The molecule has 4 rings (SSSR count). The Hall–Kier alpha value is -1.89. The molecule has 0 radical (unpaired) electrons. The lowest BCUT2D eigenvalue weighted by Crippen LogP contribution is -2.53. The predicted octanol–water partition coefficient (Wildman–Crippen LogP) is 1.65. The fourth-order valence-corrected chi connectivity index (χ4v) is 4.17. The number of fused-ring (bicyclic) bond motifs is 3. The van der Waals surface area contributed by atoms with Crippen LogP contribution in [0.3, 0.4) is 0 Å². The van der Waals surface area contributed by atoms with Crippen LogP contribution >= 0.6 is 0 Å². The van der Waals surface area contributed by atoms with Gasteiger partial charge in [-0.1, -0.05) is 0 Å². The van der Waals surface area contributed by atoms with E-state index in [1.165, 1.54) is 0 Å². The maximum atomic E-state index is 13.0. The van der Waals surface area contributed by atoms with Crippen molar-refractivity contribution in [2.24, 2.45) is 17.9 Å². The van der Waals surface area contributed by atoms with Gasteiger partial charge in [0.25, 0.3) is 0 Å². The van der Waals surface area contributed by atoms with Gasteiger partial charge in [0, 0.05) is 31.3 Å². The predicted molar refractivity (Wildman–Crippen MR) is 86.2 cm³/mol. The van der Waals surface area contributed by atoms with Crippen LogP contribution < -0.4 is 5.32 Å². The molecule has 3 fully saturated rings. The number of carbonyl (C=O) groups excluding carboxylic acids is 1. The third-order valence-electron chi connectivity index (χ3n) is 5.95. The summed E-state index contributed by atoms with van der Waals surface area (Å²) in [5, 5.41) is 16.7. The standard InChI is InChI=1S/C17H25N3O4/c1-20-10-12(9-18-20)13(11-24-2)19-14(21)16-3-6-17(7-4-16,8-5-16)15(22)23/h9-10,13H,3-8,11H2,1-2H3,(H,19,21)(H,22,23). The minimum absolute atomic E-state index is 0.0205. The van der Waals surface area contributed by atoms with E-state index in [0.717, 1.165) is 5.56 Å². The molecule has 1 amide bonds. The molecule has 1 heterocycles. The van der Waals surface area contributed by atoms with Crippen molar-refractivity contribution < 1.29 is 19.4 Å². The number of amides is 1. The molecule has 0 saturated heterocycles. The Kier molecular flexibility index (Phi) is 4.38. The highest BCUT2D eigenvalue weighted by atomic mass is 16.5. The minimum atomic E-state index is -0.705. The molecular formula is C17H25N3O4. The van der Waals surface area contributed by atoms with Crippen molar-refractivity contribution in [3.8, 4) is 0 Å². The third-order valence-corrected chi connectivity index (χ3v) is 5.95. The van der Waals surface area contributed by atoms with Gasteiger partial charge in [-0.25, -0.2) is 0 Å². The van der Waals surface area contributed by atoms with Gasteiger partial charge in [0.05, 0.1) is 24.3 Å². The van der Waals surface area contributed by atoms with Gasteiger partial charge < -0.3 is 15.2 Å². The van der Waals surface area contributed by atoms with Gasteiger partial charge in [0.2, 0.25) is 5.91 Å². The van der Waals surface area contributed by atoms with Crippen LogP contribution in [0.15, 0.2) is 12.4 Å². The van der Waals surface area contributed by atoms with E-state index in [-0.39, 0.29) is 11.9 Å². The molecule has 2 N–H and O–H groups in total. The van der Waals surface area contributed by atoms with E-state index in [4.69, 9.17) is 4.74 Å². The van der Waals surface area contributed by atoms with Crippen LogP contribution in [0.5, 0.6) is 0 Å². The van der Waals surface area contributed by atoms with Crippen molar-refractivity contribution in [3.05, 3.63) is 18.0 Å². The lowest BCUT2D eigenvalue weighted by molar-refractivity contribution is -0.163. The van der Waals surface area contributed by atoms with E-state index in [1.807, 2.05) is 13.2 Å². The molecule has 132 valence electrons. The maximum Gasteiger partial charge on any atom is 0.309 e. The largest absolute Gasteiger partial charge is 0.481 e. The Labute approximate surface area is 141 Å². The average Bonchev–Trinajstić information content (AvgIpc) is 3.02. The molecular weight excluding hydrogens is 310 g/mol. The van der Waals surface area contributed by atoms with Crippen LogP contribution in [-0.2, 0) is 21.4 Å². The van der Waals surface area contributed by atoms with Crippen molar-refractivity contribution in [1.82, 2.24) is 15.1 Å². The fourth-order valence-electron chi connectivity index (χ4n) is 4.17. The molecule has 0 spiro atoms. The lowest BCUT2D eigenvalue weighted by Gasteiger charge is -2.50. The first-order chi connectivity index (χ1) is 11.4. The van der Waals surface area contributed by atoms with Crippen molar-refractivity contribution in [1.29, 1.82) is 0 Å². The number of nitrogens with zero attached hydrogens (tertiary/aromatic N) is 2. The fraction of sp³-hybridized carbons (Fsp3) is 0.706. The number of carbonyl (C=O) groups is 2. The molecule has 7 heteroatoms. The smallest absolute Gasteiger partial charge is 0.309 e. The van der Waals surface area contributed by atoms with Gasteiger partial charge >= 0.3 is 5.97 Å². The summed E-state index contributed by atoms with van der Waals surface area (Å²) < 4.78 is 6.95. The first-order valence-electron chi connectivity index (χ1n) is 8.43. The van der Waals surface area contributed by atoms with Gasteiger partial charge in [-0.2, -0.15) is 5.10 Å². The molecule has 0 aliphatic heterocycles. The van der Waals surface area contributed by atoms with Crippen LogP contribution in [-0.4, -0.2) is 40.5 Å². The van der Waals surface area contributed by atoms with E-state index >= 15 is 0 Å². The van der Waals surface area contributed by atoms with Gasteiger partial charge in [0.1, 0.15) is 0 Å². The van der Waals surface area contributed by atoms with Crippen molar-refractivity contribution in [2.75, 3.05) is 13.7 Å². The van der Waals surface area contributed by atoms with Gasteiger partial charge in [-0.3, -0.25) is 14.3 Å². The zero-order chi connectivity index (χ0) is 17.4. The SMILES string of the molecule is COCC(NC(=O)C12CCC(C(=O)O)(CC1)CC2)c1cnn(C)c1. The Morgan fingerprint density at radius 3 is 2.33 bits per heavy atom. The zero-order valence-electron chi connectivity index (χ0n) is 14.2. The molecule has 1 aromatic rings. The molecule has 3 aliphatic rings. The highest BCUT2D eigenvalue weighted by molar-refractivity contribution is 5.85. The monoisotopic (exact) mass is 335 g/mol. The second kappa shape index (κ2) is 6.20. The Balaban J connectivity index is 1.71. The number of aryl methyl sites for hydroxylation is 1. The Bertz CT molecular complexity index is 615. The number of aromatic nitrogens is 2. The number of carboxylic acids is 1. The molecule has 3 aliphatic carbocycles. The molecule has 24 heavy (non-hydrogen) atoms. The molecule has 3 saturated carbocycles. The average molecular weight is 335 g/mol. The van der Waals surface area contributed by atoms with Crippen LogP contribution in [0.1, 0.15) is 50.1 Å². The van der Waals surface area contributed by atoms with Gasteiger partial charge in [0.15, 0.2) is 0 Å². The number of carboxylic acid groups (broad SMARTS) is 1. The number of hydrogen-bond acceptors (Lipinski definition) is 4. The van der Waals surface area contributed by atoms with E-state index in [2.05, 4.69) is 10.4 Å². The van der Waals surface area contributed by atoms with Gasteiger partial charge in [-0.05, 0) is 38.5 Å². The van der Waals surface area contributed by atoms with Gasteiger partial charge in [-0.15, -0.1) is 0 Å². The first-order valence-corrected chi connectivity index (χ1v) is 8.43. The maximum absolute atomic E-state index is 13.0. The topological polar surface area (TPSA) is 93.4 Å². The number of nitrogens with one attached hydrogen (secondary N) is 1. The lowest BCUT2D eigenvalue weighted by atomic mass is 9.53. The second-order valence-electron chi connectivity index (χ2n) is 7.29. The Morgan fingerprint density at radius 2 is 1.88 bits per heavy atom. The van der Waals surface area contributed by atoms with Crippen LogP contribution in [0.25, 0.3) is 0 Å². The normalized spacial score (nSPS) is 30.1. The van der Waals surface area contributed by atoms with Crippen LogP contribution in [0, 0.1) is 10.8 Å². The summed E-state index contributed by atoms with van der Waals surface area (Å²) in [4.78, 5) is 24.5. The molecule has 7 nitrogen and oxygen atoms in total. The number of ether oxygens (including phenoxy) is 1. The molecule has 1 unspecified atom stereocenters. The van der Waals surface area contributed by atoms with Crippen LogP contribution in [0.4, 0.5) is 0 Å². The van der Waals surface area contributed by atoms with E-state index in [1.54, 1.807) is 18.0 Å². The van der Waals surface area contributed by atoms with E-state index in [0.29, 0.717) is 45.1 Å². The van der Waals surface area contributed by atoms with Crippen molar-refractivity contribution in [3.63, 3.8) is 0 Å². The molecule has 0 aromatic carbocycles. The van der Waals surface area contributed by atoms with Crippen molar-refractivity contribution in [2.45, 2.75) is 44.6 Å². The summed E-state index contributed by atoms with van der Waals surface area (Å²) in [6, 6.07) is -0.237. The zero-order valence-corrected chi connectivity index (χ0v) is 14.2. The van der Waals surface area contributed by atoms with Crippen LogP contribution in [0.2, 0.25) is 0 Å². The number of rotatable bonds is 6. The second-order valence-corrected chi connectivity index (χ2v) is 7.29. The summed E-state index contributed by atoms with van der Waals surface area (Å²) in [5.41, 5.74) is -0.112. The summed E-state index contributed by atoms with van der Waals surface area (Å²) in [5.74, 6) is -0.684. The van der Waals surface area contributed by atoms with E-state index in [9.17, 15) is 14.7 Å². The highest BCUT2D eigenvalue weighted by Crippen LogP contribution is 2.57. The molecule has 1 atom stereocenters. The number of methoxy groups -OCH3 is 1. The Morgan fingerprint density at radius 1 is 1.29 bits per heavy atom. The first kappa shape index (κ1) is 17.0. The summed E-state index contributed by atoms with van der Waals surface area (Å²) >= 11 is 0. The summed E-state index contributed by atoms with van der Waals surface area (Å²) in [7, 11) is 3.44. The molecule has 2 bridgehead atoms. The quantitative estimate of drug-likeness (QED) is 0.824. The minimum Gasteiger partial charge on any atom is -0.481 e. The number of aliphatic carboxylic acids is 1. The third kappa shape index (κ3) is 2.81. The summed E-state index contributed by atoms with van der Waals surface area (Å²) in [6.45, 7) is 0.382. The number of hydrogen-bond donors (Lipinski definition) is 2. The van der Waals surface area contributed by atoms with E-state index < -0.39 is 16.8 Å².